The van der Waals surface area contributed by atoms with Gasteiger partial charge in [0.1, 0.15) is 17.0 Å². The summed E-state index contributed by atoms with van der Waals surface area (Å²) in [6.45, 7) is 5.44. The first-order valence-corrected chi connectivity index (χ1v) is 10.7. The maximum atomic E-state index is 15.9. The van der Waals surface area contributed by atoms with E-state index in [1.54, 1.807) is 12.3 Å². The number of halogens is 2. The fourth-order valence-electron chi connectivity index (χ4n) is 4.01. The SMILES string of the molecule is CCOc1nc(N2CCNCC2)c2cnc(-c3cccc4cccc(Cl)c34)c(F)c2n1. The molecule has 1 aliphatic heterocycles. The average molecular weight is 438 g/mol. The summed E-state index contributed by atoms with van der Waals surface area (Å²) >= 11 is 6.47. The monoisotopic (exact) mass is 437 g/mol. The number of aromatic nitrogens is 3. The molecule has 0 bridgehead atoms. The van der Waals surface area contributed by atoms with E-state index in [-0.39, 0.29) is 17.2 Å². The van der Waals surface area contributed by atoms with Gasteiger partial charge in [0.2, 0.25) is 0 Å². The smallest absolute Gasteiger partial charge is 0.319 e. The van der Waals surface area contributed by atoms with Crippen LogP contribution in [-0.4, -0.2) is 47.7 Å². The van der Waals surface area contributed by atoms with Crippen LogP contribution in [0.25, 0.3) is 32.9 Å². The maximum absolute atomic E-state index is 15.9. The number of ether oxygens (including phenoxy) is 1. The number of hydrogen-bond donors (Lipinski definition) is 1. The highest BCUT2D eigenvalue weighted by Crippen LogP contribution is 2.37. The zero-order valence-corrected chi connectivity index (χ0v) is 17.8. The van der Waals surface area contributed by atoms with Crippen molar-refractivity contribution >= 4 is 39.1 Å². The lowest BCUT2D eigenvalue weighted by molar-refractivity contribution is 0.313. The lowest BCUT2D eigenvalue weighted by Gasteiger charge is -2.29. The highest BCUT2D eigenvalue weighted by molar-refractivity contribution is 6.36. The van der Waals surface area contributed by atoms with Crippen LogP contribution in [0.5, 0.6) is 6.01 Å². The molecule has 2 aromatic carbocycles. The first-order valence-electron chi connectivity index (χ1n) is 10.3. The zero-order valence-electron chi connectivity index (χ0n) is 17.0. The van der Waals surface area contributed by atoms with Gasteiger partial charge in [-0.1, -0.05) is 41.9 Å². The van der Waals surface area contributed by atoms with Gasteiger partial charge in [0, 0.05) is 48.3 Å². The minimum absolute atomic E-state index is 0.163. The molecule has 4 aromatic rings. The van der Waals surface area contributed by atoms with Crippen molar-refractivity contribution in [3.05, 3.63) is 53.4 Å². The minimum Gasteiger partial charge on any atom is -0.464 e. The van der Waals surface area contributed by atoms with Gasteiger partial charge in [0.25, 0.3) is 0 Å². The molecule has 1 aliphatic rings. The van der Waals surface area contributed by atoms with Gasteiger partial charge in [-0.3, -0.25) is 4.98 Å². The van der Waals surface area contributed by atoms with Gasteiger partial charge in [-0.25, -0.2) is 4.39 Å². The molecule has 0 radical (unpaired) electrons. The Labute approximate surface area is 184 Å². The van der Waals surface area contributed by atoms with Gasteiger partial charge in [-0.15, -0.1) is 0 Å². The third-order valence-corrected chi connectivity index (χ3v) is 5.76. The number of hydrogen-bond acceptors (Lipinski definition) is 6. The van der Waals surface area contributed by atoms with Crippen LogP contribution in [0.4, 0.5) is 10.2 Å². The van der Waals surface area contributed by atoms with Crippen LogP contribution >= 0.6 is 11.6 Å². The number of benzene rings is 2. The van der Waals surface area contributed by atoms with Crippen LogP contribution in [-0.2, 0) is 0 Å². The zero-order chi connectivity index (χ0) is 21.4. The molecule has 1 N–H and O–H groups in total. The van der Waals surface area contributed by atoms with Crippen LogP contribution in [0.2, 0.25) is 5.02 Å². The molecule has 5 rings (SSSR count). The molecule has 0 unspecified atom stereocenters. The molecule has 0 saturated carbocycles. The second-order valence-corrected chi connectivity index (χ2v) is 7.73. The van der Waals surface area contributed by atoms with Crippen molar-refractivity contribution in [1.29, 1.82) is 0 Å². The summed E-state index contributed by atoms with van der Waals surface area (Å²) in [6.07, 6.45) is 1.65. The van der Waals surface area contributed by atoms with Crippen molar-refractivity contribution < 1.29 is 9.13 Å². The molecule has 1 fully saturated rings. The Morgan fingerprint density at radius 3 is 2.68 bits per heavy atom. The molecule has 158 valence electrons. The first kappa shape index (κ1) is 19.9. The first-order chi connectivity index (χ1) is 15.2. The Morgan fingerprint density at radius 1 is 1.13 bits per heavy atom. The maximum Gasteiger partial charge on any atom is 0.319 e. The molecule has 3 heterocycles. The molecule has 31 heavy (non-hydrogen) atoms. The Morgan fingerprint density at radius 2 is 1.90 bits per heavy atom. The van der Waals surface area contributed by atoms with Gasteiger partial charge in [0.05, 0.1) is 12.0 Å². The second kappa shape index (κ2) is 8.24. The topological polar surface area (TPSA) is 63.2 Å². The van der Waals surface area contributed by atoms with E-state index in [4.69, 9.17) is 16.3 Å². The summed E-state index contributed by atoms with van der Waals surface area (Å²) in [5.74, 6) is 0.133. The van der Waals surface area contributed by atoms with Crippen LogP contribution in [0.1, 0.15) is 6.92 Å². The summed E-state index contributed by atoms with van der Waals surface area (Å²) in [7, 11) is 0. The van der Waals surface area contributed by atoms with E-state index in [1.807, 2.05) is 37.3 Å². The minimum atomic E-state index is -0.510. The summed E-state index contributed by atoms with van der Waals surface area (Å²) in [4.78, 5) is 15.6. The van der Waals surface area contributed by atoms with Crippen LogP contribution in [0, 0.1) is 5.82 Å². The second-order valence-electron chi connectivity index (χ2n) is 7.33. The summed E-state index contributed by atoms with van der Waals surface area (Å²) < 4.78 is 21.5. The molecule has 0 spiro atoms. The van der Waals surface area contributed by atoms with Gasteiger partial charge in [-0.2, -0.15) is 9.97 Å². The van der Waals surface area contributed by atoms with Crippen molar-refractivity contribution in [2.75, 3.05) is 37.7 Å². The average Bonchev–Trinajstić information content (AvgIpc) is 2.80. The summed E-state index contributed by atoms with van der Waals surface area (Å²) in [5.41, 5.74) is 1.03. The van der Waals surface area contributed by atoms with Crippen molar-refractivity contribution in [1.82, 2.24) is 20.3 Å². The number of pyridine rings is 1. The van der Waals surface area contributed by atoms with E-state index in [2.05, 4.69) is 25.2 Å². The molecule has 2 aromatic heterocycles. The molecular formula is C23H21ClFN5O. The molecule has 0 amide bonds. The largest absolute Gasteiger partial charge is 0.464 e. The Hall–Kier alpha value is -3.03. The van der Waals surface area contributed by atoms with Gasteiger partial charge >= 0.3 is 6.01 Å². The molecule has 6 nitrogen and oxygen atoms in total. The predicted molar refractivity (Wildman–Crippen MR) is 121 cm³/mol. The third kappa shape index (κ3) is 3.54. The number of piperazine rings is 1. The van der Waals surface area contributed by atoms with Gasteiger partial charge in [-0.05, 0) is 18.4 Å². The van der Waals surface area contributed by atoms with E-state index in [0.717, 1.165) is 37.0 Å². The van der Waals surface area contributed by atoms with E-state index in [9.17, 15) is 0 Å². The molecule has 0 aliphatic carbocycles. The lowest BCUT2D eigenvalue weighted by Crippen LogP contribution is -2.44. The number of fused-ring (bicyclic) bond motifs is 2. The lowest BCUT2D eigenvalue weighted by atomic mass is 10.0. The van der Waals surface area contributed by atoms with Gasteiger partial charge < -0.3 is 15.0 Å². The van der Waals surface area contributed by atoms with E-state index < -0.39 is 5.82 Å². The summed E-state index contributed by atoms with van der Waals surface area (Å²) in [6, 6.07) is 11.4. The third-order valence-electron chi connectivity index (χ3n) is 5.44. The fraction of sp³-hybridized carbons (Fsp3) is 0.261. The van der Waals surface area contributed by atoms with E-state index in [1.165, 1.54) is 0 Å². The Kier molecular flexibility index (Phi) is 5.29. The number of nitrogens with one attached hydrogen (secondary N) is 1. The molecular weight excluding hydrogens is 417 g/mol. The number of anilines is 1. The number of nitrogens with zero attached hydrogens (tertiary/aromatic N) is 4. The standard InChI is InChI=1S/C23H21ClFN5O/c1-2-31-23-28-21-16(22(29-23)30-11-9-26-10-12-30)13-27-20(19(21)25)15-7-3-5-14-6-4-8-17(24)18(14)15/h3-8,13,26H,2,9-12H2,1H3. The van der Waals surface area contributed by atoms with Crippen LogP contribution in [0.3, 0.4) is 0 Å². The van der Waals surface area contributed by atoms with Crippen molar-refractivity contribution in [2.24, 2.45) is 0 Å². The van der Waals surface area contributed by atoms with Crippen molar-refractivity contribution in [2.45, 2.75) is 6.92 Å². The quantitative estimate of drug-likeness (QED) is 0.509. The molecule has 0 atom stereocenters. The van der Waals surface area contributed by atoms with Crippen LogP contribution < -0.4 is 15.0 Å². The fourth-order valence-corrected chi connectivity index (χ4v) is 4.30. The van der Waals surface area contributed by atoms with Crippen molar-refractivity contribution in [3.63, 3.8) is 0 Å². The van der Waals surface area contributed by atoms with Crippen molar-refractivity contribution in [3.8, 4) is 17.3 Å². The Bertz CT molecular complexity index is 1270. The van der Waals surface area contributed by atoms with Crippen LogP contribution in [0.15, 0.2) is 42.6 Å². The highest BCUT2D eigenvalue weighted by atomic mass is 35.5. The Balaban J connectivity index is 1.75. The molecule has 1 saturated heterocycles. The predicted octanol–water partition coefficient (Wildman–Crippen LogP) is 4.45. The van der Waals surface area contributed by atoms with E-state index in [0.29, 0.717) is 28.4 Å². The number of rotatable bonds is 4. The summed E-state index contributed by atoms with van der Waals surface area (Å²) in [5, 5.41) is 6.12. The normalized spacial score (nSPS) is 14.4. The highest BCUT2D eigenvalue weighted by Gasteiger charge is 2.22. The van der Waals surface area contributed by atoms with E-state index >= 15 is 4.39 Å². The molecule has 8 heteroatoms. The van der Waals surface area contributed by atoms with Gasteiger partial charge in [0.15, 0.2) is 5.82 Å².